The third-order valence-corrected chi connectivity index (χ3v) is 6.76. The quantitative estimate of drug-likeness (QED) is 0.323. The van der Waals surface area contributed by atoms with Gasteiger partial charge in [-0.05, 0) is 42.4 Å². The fourth-order valence-electron chi connectivity index (χ4n) is 4.48. The van der Waals surface area contributed by atoms with Gasteiger partial charge in [0.05, 0.1) is 16.7 Å². The van der Waals surface area contributed by atoms with E-state index < -0.39 is 0 Å². The Kier molecular flexibility index (Phi) is 8.94. The van der Waals surface area contributed by atoms with Crippen molar-refractivity contribution < 1.29 is 0 Å². The van der Waals surface area contributed by atoms with Gasteiger partial charge in [-0.25, -0.2) is 9.97 Å². The first-order chi connectivity index (χ1) is 13.8. The Labute approximate surface area is 183 Å². The maximum atomic E-state index is 6.67. The molecule has 2 nitrogen and oxygen atoms in total. The van der Waals surface area contributed by atoms with E-state index in [0.717, 1.165) is 23.1 Å². The van der Waals surface area contributed by atoms with Gasteiger partial charge in [-0.2, -0.15) is 0 Å². The van der Waals surface area contributed by atoms with Crippen molar-refractivity contribution in [2.75, 3.05) is 0 Å². The molecule has 0 aliphatic carbocycles. The third-order valence-electron chi connectivity index (χ3n) is 6.50. The molecule has 2 rings (SSSR count). The molecule has 0 aliphatic rings. The zero-order valence-corrected chi connectivity index (χ0v) is 20.3. The summed E-state index contributed by atoms with van der Waals surface area (Å²) < 4.78 is 0. The van der Waals surface area contributed by atoms with Crippen LogP contribution in [0.3, 0.4) is 0 Å². The van der Waals surface area contributed by atoms with E-state index in [-0.39, 0.29) is 10.8 Å². The van der Waals surface area contributed by atoms with E-state index in [9.17, 15) is 0 Å². The fourth-order valence-corrected chi connectivity index (χ4v) is 4.87. The smallest absolute Gasteiger partial charge is 0.151 e. The normalized spacial score (nSPS) is 14.3. The van der Waals surface area contributed by atoms with E-state index in [0.29, 0.717) is 5.15 Å². The number of halogens is 1. The molecule has 0 aliphatic heterocycles. The summed E-state index contributed by atoms with van der Waals surface area (Å²) in [6, 6.07) is 6.66. The Hall–Kier alpha value is -1.15. The van der Waals surface area contributed by atoms with Crippen LogP contribution in [0, 0.1) is 0 Å². The van der Waals surface area contributed by atoms with Crippen LogP contribution in [-0.4, -0.2) is 9.97 Å². The van der Waals surface area contributed by atoms with Crippen LogP contribution < -0.4 is 0 Å². The van der Waals surface area contributed by atoms with Crippen molar-refractivity contribution >= 4 is 22.6 Å². The third kappa shape index (κ3) is 6.17. The van der Waals surface area contributed by atoms with Crippen molar-refractivity contribution in [3.8, 4) is 0 Å². The molecule has 0 saturated heterocycles. The molecule has 2 aromatic rings. The van der Waals surface area contributed by atoms with Crippen molar-refractivity contribution in [3.05, 3.63) is 34.6 Å². The molecular weight excluding hydrogens is 376 g/mol. The van der Waals surface area contributed by atoms with Gasteiger partial charge in [-0.1, -0.05) is 104 Å². The molecule has 29 heavy (non-hydrogen) atoms. The lowest BCUT2D eigenvalue weighted by Crippen LogP contribution is -2.22. The van der Waals surface area contributed by atoms with Crippen LogP contribution in [0.5, 0.6) is 0 Å². The highest BCUT2D eigenvalue weighted by molar-refractivity contribution is 6.30. The standard InChI is InChI=1S/C26H41ClN2/c1-7-10-12-13-17-25(4,5)23-24(27)29-22-19-20(14-15-21(22)28-23)26(6,16-9-3)18-11-8-2/h14-15,19H,7-13,16-18H2,1-6H3. The minimum Gasteiger partial charge on any atom is -0.247 e. The molecule has 1 atom stereocenters. The second kappa shape index (κ2) is 10.8. The average Bonchev–Trinajstić information content (AvgIpc) is 2.69. The Bertz CT molecular complexity index is 784. The average molecular weight is 417 g/mol. The lowest BCUT2D eigenvalue weighted by molar-refractivity contribution is 0.383. The molecule has 1 aromatic heterocycles. The number of hydrogen-bond donors (Lipinski definition) is 0. The maximum absolute atomic E-state index is 6.67. The van der Waals surface area contributed by atoms with Crippen molar-refractivity contribution in [2.24, 2.45) is 0 Å². The van der Waals surface area contributed by atoms with E-state index in [1.165, 1.54) is 63.4 Å². The monoisotopic (exact) mass is 416 g/mol. The van der Waals surface area contributed by atoms with Gasteiger partial charge in [0.1, 0.15) is 0 Å². The first-order valence-electron chi connectivity index (χ1n) is 11.8. The van der Waals surface area contributed by atoms with Gasteiger partial charge in [-0.15, -0.1) is 0 Å². The summed E-state index contributed by atoms with van der Waals surface area (Å²) in [4.78, 5) is 9.79. The number of nitrogens with zero attached hydrogens (tertiary/aromatic N) is 2. The van der Waals surface area contributed by atoms with Gasteiger partial charge < -0.3 is 0 Å². The fraction of sp³-hybridized carbons (Fsp3) is 0.692. The SMILES string of the molecule is CCCCCCC(C)(C)c1nc2ccc(C(C)(CCC)CCCC)cc2nc1Cl. The molecule has 0 saturated carbocycles. The molecule has 0 amide bonds. The van der Waals surface area contributed by atoms with E-state index in [1.807, 2.05) is 0 Å². The van der Waals surface area contributed by atoms with Crippen LogP contribution in [0.2, 0.25) is 5.15 Å². The number of hydrogen-bond acceptors (Lipinski definition) is 2. The van der Waals surface area contributed by atoms with Crippen molar-refractivity contribution in [2.45, 2.75) is 117 Å². The summed E-state index contributed by atoms with van der Waals surface area (Å²) in [5, 5.41) is 0.570. The number of rotatable bonds is 12. The van der Waals surface area contributed by atoms with E-state index in [2.05, 4.69) is 59.7 Å². The van der Waals surface area contributed by atoms with Crippen LogP contribution in [0.4, 0.5) is 0 Å². The number of aromatic nitrogens is 2. The summed E-state index contributed by atoms with van der Waals surface area (Å²) in [5.41, 5.74) is 4.35. The molecule has 3 heteroatoms. The summed E-state index contributed by atoms with van der Waals surface area (Å²) in [6.07, 6.45) is 12.2. The second-order valence-electron chi connectivity index (χ2n) is 9.68. The summed E-state index contributed by atoms with van der Waals surface area (Å²) in [7, 11) is 0. The summed E-state index contributed by atoms with van der Waals surface area (Å²) in [6.45, 7) is 13.7. The Morgan fingerprint density at radius 2 is 1.48 bits per heavy atom. The zero-order chi connectivity index (χ0) is 21.5. The number of fused-ring (bicyclic) bond motifs is 1. The second-order valence-corrected chi connectivity index (χ2v) is 10.0. The van der Waals surface area contributed by atoms with Gasteiger partial charge in [0.25, 0.3) is 0 Å². The lowest BCUT2D eigenvalue weighted by Gasteiger charge is -2.30. The van der Waals surface area contributed by atoms with Crippen LogP contribution >= 0.6 is 11.6 Å². The van der Waals surface area contributed by atoms with Crippen molar-refractivity contribution in [1.29, 1.82) is 0 Å². The summed E-state index contributed by atoms with van der Waals surface area (Å²) >= 11 is 6.67. The largest absolute Gasteiger partial charge is 0.247 e. The first-order valence-corrected chi connectivity index (χ1v) is 12.1. The first kappa shape index (κ1) is 24.1. The highest BCUT2D eigenvalue weighted by Gasteiger charge is 2.28. The molecular formula is C26H41ClN2. The molecule has 1 aromatic carbocycles. The number of benzene rings is 1. The molecule has 1 heterocycles. The van der Waals surface area contributed by atoms with Crippen LogP contribution in [0.25, 0.3) is 11.0 Å². The minimum atomic E-state index is -0.0530. The maximum Gasteiger partial charge on any atom is 0.151 e. The van der Waals surface area contributed by atoms with Gasteiger partial charge >= 0.3 is 0 Å². The van der Waals surface area contributed by atoms with Gasteiger partial charge in [0, 0.05) is 5.41 Å². The molecule has 162 valence electrons. The predicted octanol–water partition coefficient (Wildman–Crippen LogP) is 8.78. The van der Waals surface area contributed by atoms with Crippen LogP contribution in [0.15, 0.2) is 18.2 Å². The summed E-state index contributed by atoms with van der Waals surface area (Å²) in [5.74, 6) is 0. The predicted molar refractivity (Wildman–Crippen MR) is 128 cm³/mol. The van der Waals surface area contributed by atoms with Crippen LogP contribution in [0.1, 0.15) is 117 Å². The molecule has 0 fully saturated rings. The van der Waals surface area contributed by atoms with Crippen LogP contribution in [-0.2, 0) is 10.8 Å². The van der Waals surface area contributed by atoms with Gasteiger partial charge in [-0.3, -0.25) is 0 Å². The Morgan fingerprint density at radius 1 is 0.759 bits per heavy atom. The van der Waals surface area contributed by atoms with E-state index >= 15 is 0 Å². The van der Waals surface area contributed by atoms with Crippen molar-refractivity contribution in [1.82, 2.24) is 9.97 Å². The molecule has 1 unspecified atom stereocenters. The number of unbranched alkanes of at least 4 members (excludes halogenated alkanes) is 4. The zero-order valence-electron chi connectivity index (χ0n) is 19.6. The lowest BCUT2D eigenvalue weighted by atomic mass is 9.75. The van der Waals surface area contributed by atoms with Crippen molar-refractivity contribution in [3.63, 3.8) is 0 Å². The highest BCUT2D eigenvalue weighted by atomic mass is 35.5. The topological polar surface area (TPSA) is 25.8 Å². The molecule has 0 radical (unpaired) electrons. The van der Waals surface area contributed by atoms with Gasteiger partial charge in [0.15, 0.2) is 5.15 Å². The molecule has 0 N–H and O–H groups in total. The molecule has 0 spiro atoms. The minimum absolute atomic E-state index is 0.0530. The van der Waals surface area contributed by atoms with Gasteiger partial charge in [0.2, 0.25) is 0 Å². The van der Waals surface area contributed by atoms with E-state index in [1.54, 1.807) is 0 Å². The molecule has 0 bridgehead atoms. The van der Waals surface area contributed by atoms with E-state index in [4.69, 9.17) is 21.6 Å². The Morgan fingerprint density at radius 3 is 2.14 bits per heavy atom. The Balaban J connectivity index is 2.34. The highest BCUT2D eigenvalue weighted by Crippen LogP contribution is 2.37.